The molecule has 0 fully saturated rings. The third kappa shape index (κ3) is 3.99. The number of hydrogen-bond acceptors (Lipinski definition) is 5. The van der Waals surface area contributed by atoms with Crippen LogP contribution in [0.4, 0.5) is 21.3 Å². The van der Waals surface area contributed by atoms with E-state index in [0.717, 1.165) is 4.88 Å². The molecule has 0 aliphatic rings. The minimum atomic E-state index is -0.493. The molecule has 2 N–H and O–H groups in total. The fraction of sp³-hybridized carbons (Fsp3) is 0.231. The summed E-state index contributed by atoms with van der Waals surface area (Å²) in [5, 5.41) is 16.3. The van der Waals surface area contributed by atoms with E-state index in [1.165, 1.54) is 35.6 Å². The van der Waals surface area contributed by atoms with Crippen molar-refractivity contribution in [2.75, 3.05) is 10.6 Å². The topological polar surface area (TPSA) is 97.2 Å². The van der Waals surface area contributed by atoms with Gasteiger partial charge in [-0.15, -0.1) is 11.3 Å². The average molecular weight is 306 g/mol. The zero-order valence-corrected chi connectivity index (χ0v) is 12.3. The van der Waals surface area contributed by atoms with E-state index in [0.29, 0.717) is 16.7 Å². The lowest BCUT2D eigenvalue weighted by Gasteiger charge is -2.05. The van der Waals surface area contributed by atoms with Gasteiger partial charge in [0.1, 0.15) is 0 Å². The van der Waals surface area contributed by atoms with E-state index in [1.807, 2.05) is 13.8 Å². The molecule has 1 aromatic heterocycles. The third-order valence-electron chi connectivity index (χ3n) is 2.65. The number of nitrogens with one attached hydrogen (secondary N) is 2. The number of thiazole rings is 1. The smallest absolute Gasteiger partial charge is 0.308 e. The van der Waals surface area contributed by atoms with Crippen LogP contribution in [-0.4, -0.2) is 15.9 Å². The van der Waals surface area contributed by atoms with E-state index in [2.05, 4.69) is 15.6 Å². The number of nitrogens with zero attached hydrogens (tertiary/aromatic N) is 2. The summed E-state index contributed by atoms with van der Waals surface area (Å²) >= 11 is 1.41. The summed E-state index contributed by atoms with van der Waals surface area (Å²) in [6, 6.07) is 5.16. The largest absolute Gasteiger partial charge is 0.325 e. The highest BCUT2D eigenvalue weighted by molar-refractivity contribution is 7.15. The number of carbonyl (C=O) groups excluding carboxylic acids is 1. The fourth-order valence-electron chi connectivity index (χ4n) is 1.54. The molecule has 0 unspecified atom stereocenters. The monoisotopic (exact) mass is 306 g/mol. The zero-order chi connectivity index (χ0) is 15.4. The van der Waals surface area contributed by atoms with Crippen LogP contribution in [-0.2, 0) is 0 Å². The molecule has 0 aliphatic carbocycles. The summed E-state index contributed by atoms with van der Waals surface area (Å²) in [7, 11) is 0. The second kappa shape index (κ2) is 6.31. The van der Waals surface area contributed by atoms with Crippen LogP contribution in [0.5, 0.6) is 0 Å². The molecule has 2 rings (SSSR count). The number of carbonyl (C=O) groups is 1. The Balaban J connectivity index is 1.96. The van der Waals surface area contributed by atoms with Gasteiger partial charge in [-0.05, 0) is 18.1 Å². The Kier molecular flexibility index (Phi) is 4.49. The van der Waals surface area contributed by atoms with Gasteiger partial charge in [0.2, 0.25) is 0 Å². The Morgan fingerprint density at radius 3 is 2.48 bits per heavy atom. The maximum Gasteiger partial charge on any atom is 0.325 e. The van der Waals surface area contributed by atoms with Crippen molar-refractivity contribution < 1.29 is 9.72 Å². The van der Waals surface area contributed by atoms with E-state index < -0.39 is 11.0 Å². The van der Waals surface area contributed by atoms with Gasteiger partial charge in [0.25, 0.3) is 5.69 Å². The van der Waals surface area contributed by atoms with Crippen molar-refractivity contribution in [3.05, 3.63) is 45.5 Å². The number of non-ortho nitro benzene ring substituents is 1. The molecule has 0 saturated carbocycles. The molecule has 0 atom stereocenters. The summed E-state index contributed by atoms with van der Waals surface area (Å²) in [6.07, 6.45) is 1.73. The Bertz CT molecular complexity index is 652. The Labute approximate surface area is 125 Å². The van der Waals surface area contributed by atoms with E-state index in [-0.39, 0.29) is 5.69 Å². The van der Waals surface area contributed by atoms with Gasteiger partial charge in [0, 0.05) is 28.9 Å². The van der Waals surface area contributed by atoms with Crippen LogP contribution in [0.1, 0.15) is 24.6 Å². The van der Waals surface area contributed by atoms with E-state index in [1.54, 1.807) is 6.20 Å². The summed E-state index contributed by atoms with van der Waals surface area (Å²) < 4.78 is 0. The minimum Gasteiger partial charge on any atom is -0.308 e. The van der Waals surface area contributed by atoms with Crippen LogP contribution in [0, 0.1) is 10.1 Å². The molecule has 0 spiro atoms. The second-order valence-corrected chi connectivity index (χ2v) is 5.67. The number of amides is 2. The second-order valence-electron chi connectivity index (χ2n) is 4.61. The van der Waals surface area contributed by atoms with Crippen LogP contribution in [0.2, 0.25) is 0 Å². The fourth-order valence-corrected chi connectivity index (χ4v) is 2.35. The predicted molar refractivity (Wildman–Crippen MR) is 81.9 cm³/mol. The molecular formula is C13H14N4O3S. The first-order valence-electron chi connectivity index (χ1n) is 6.24. The van der Waals surface area contributed by atoms with E-state index in [4.69, 9.17) is 0 Å². The van der Waals surface area contributed by atoms with Crippen LogP contribution in [0.3, 0.4) is 0 Å². The lowest BCUT2D eigenvalue weighted by atomic mass is 10.2. The normalized spacial score (nSPS) is 10.4. The van der Waals surface area contributed by atoms with Crippen LogP contribution < -0.4 is 10.6 Å². The van der Waals surface area contributed by atoms with Gasteiger partial charge in [-0.1, -0.05) is 13.8 Å². The van der Waals surface area contributed by atoms with Gasteiger partial charge in [0.05, 0.1) is 4.92 Å². The first kappa shape index (κ1) is 14.9. The molecule has 110 valence electrons. The van der Waals surface area contributed by atoms with Crippen molar-refractivity contribution in [2.45, 2.75) is 19.8 Å². The molecule has 1 heterocycles. The highest BCUT2D eigenvalue weighted by Gasteiger charge is 2.10. The molecule has 7 nitrogen and oxygen atoms in total. The number of benzene rings is 1. The standard InChI is InChI=1S/C13H14N4O3S/c1-8(2)11-7-14-13(21-11)16-12(18)15-9-3-5-10(6-4-9)17(19)20/h3-8H,1-2H3,(H2,14,15,16,18). The van der Waals surface area contributed by atoms with Gasteiger partial charge in [-0.25, -0.2) is 9.78 Å². The van der Waals surface area contributed by atoms with Gasteiger partial charge < -0.3 is 5.32 Å². The lowest BCUT2D eigenvalue weighted by molar-refractivity contribution is -0.384. The molecular weight excluding hydrogens is 292 g/mol. The van der Waals surface area contributed by atoms with Gasteiger partial charge >= 0.3 is 6.03 Å². The van der Waals surface area contributed by atoms with Gasteiger partial charge in [-0.3, -0.25) is 15.4 Å². The molecule has 0 saturated heterocycles. The molecule has 21 heavy (non-hydrogen) atoms. The number of rotatable bonds is 4. The lowest BCUT2D eigenvalue weighted by Crippen LogP contribution is -2.19. The summed E-state index contributed by atoms with van der Waals surface area (Å²) in [5.74, 6) is 0.357. The molecule has 0 bridgehead atoms. The summed E-state index contributed by atoms with van der Waals surface area (Å²) in [4.78, 5) is 27.0. The van der Waals surface area contributed by atoms with E-state index in [9.17, 15) is 14.9 Å². The average Bonchev–Trinajstić information content (AvgIpc) is 2.87. The first-order valence-corrected chi connectivity index (χ1v) is 7.05. The van der Waals surface area contributed by atoms with Crippen molar-refractivity contribution in [1.29, 1.82) is 0 Å². The zero-order valence-electron chi connectivity index (χ0n) is 11.5. The number of nitro benzene ring substituents is 1. The maximum absolute atomic E-state index is 11.8. The van der Waals surface area contributed by atoms with Crippen molar-refractivity contribution in [3.63, 3.8) is 0 Å². The minimum absolute atomic E-state index is 0.0255. The SMILES string of the molecule is CC(C)c1cnc(NC(=O)Nc2ccc([N+](=O)[O-])cc2)s1. The van der Waals surface area contributed by atoms with Crippen LogP contribution >= 0.6 is 11.3 Å². The van der Waals surface area contributed by atoms with Crippen molar-refractivity contribution >= 4 is 33.9 Å². The number of hydrogen-bond donors (Lipinski definition) is 2. The molecule has 0 radical (unpaired) electrons. The van der Waals surface area contributed by atoms with Crippen molar-refractivity contribution in [1.82, 2.24) is 4.98 Å². The van der Waals surface area contributed by atoms with Gasteiger partial charge in [-0.2, -0.15) is 0 Å². The molecule has 0 aliphatic heterocycles. The van der Waals surface area contributed by atoms with Crippen molar-refractivity contribution in [2.24, 2.45) is 0 Å². The number of anilines is 2. The molecule has 8 heteroatoms. The summed E-state index contributed by atoms with van der Waals surface area (Å²) in [6.45, 7) is 4.10. The molecule has 1 aromatic carbocycles. The Hall–Kier alpha value is -2.48. The highest BCUT2D eigenvalue weighted by Crippen LogP contribution is 2.25. The van der Waals surface area contributed by atoms with Gasteiger partial charge in [0.15, 0.2) is 5.13 Å². The first-order chi connectivity index (χ1) is 9.95. The maximum atomic E-state index is 11.8. The number of nitro groups is 1. The molecule has 2 aromatic rings. The quantitative estimate of drug-likeness (QED) is 0.662. The van der Waals surface area contributed by atoms with E-state index >= 15 is 0 Å². The number of aromatic nitrogens is 1. The Morgan fingerprint density at radius 2 is 1.95 bits per heavy atom. The Morgan fingerprint density at radius 1 is 1.29 bits per heavy atom. The highest BCUT2D eigenvalue weighted by atomic mass is 32.1. The molecule has 2 amide bonds. The van der Waals surface area contributed by atoms with Crippen LogP contribution in [0.15, 0.2) is 30.5 Å². The van der Waals surface area contributed by atoms with Crippen molar-refractivity contribution in [3.8, 4) is 0 Å². The number of urea groups is 1. The third-order valence-corrected chi connectivity index (χ3v) is 3.86. The predicted octanol–water partition coefficient (Wildman–Crippen LogP) is 3.82. The van der Waals surface area contributed by atoms with Crippen LogP contribution in [0.25, 0.3) is 0 Å². The summed E-state index contributed by atoms with van der Waals surface area (Å²) in [5.41, 5.74) is 0.446.